The van der Waals surface area contributed by atoms with Gasteiger partial charge in [0, 0.05) is 27.8 Å². The fourth-order valence-corrected chi connectivity index (χ4v) is 3.10. The molecule has 0 aliphatic carbocycles. The molecule has 0 aromatic carbocycles. The Morgan fingerprint density at radius 3 is 2.94 bits per heavy atom. The Kier molecular flexibility index (Phi) is 3.71. The number of thiophene rings is 2. The number of allylic oxidation sites excluding steroid dienone is 1. The van der Waals surface area contributed by atoms with Crippen molar-refractivity contribution in [2.24, 2.45) is 0 Å². The third-order valence-corrected chi connectivity index (χ3v) is 4.13. The predicted octanol–water partition coefficient (Wildman–Crippen LogP) is 4.50. The highest BCUT2D eigenvalue weighted by molar-refractivity contribution is 7.15. The highest BCUT2D eigenvalue weighted by Gasteiger charge is 2.09. The Hall–Kier alpha value is -1.46. The second kappa shape index (κ2) is 5.25. The first-order chi connectivity index (χ1) is 8.20. The zero-order valence-electron chi connectivity index (χ0n) is 9.25. The average molecular weight is 265 g/mol. The van der Waals surface area contributed by atoms with Crippen LogP contribution in [0.3, 0.4) is 0 Å². The lowest BCUT2D eigenvalue weighted by Gasteiger charge is -1.91. The van der Waals surface area contributed by atoms with Gasteiger partial charge < -0.3 is 0 Å². The molecule has 3 nitrogen and oxygen atoms in total. The molecule has 5 heteroatoms. The van der Waals surface area contributed by atoms with Gasteiger partial charge in [0.1, 0.15) is 0 Å². The Labute approximate surface area is 107 Å². The second-order valence-electron chi connectivity index (χ2n) is 3.46. The topological polar surface area (TPSA) is 43.1 Å². The van der Waals surface area contributed by atoms with Gasteiger partial charge in [-0.25, -0.2) is 0 Å². The lowest BCUT2D eigenvalue weighted by atomic mass is 10.2. The van der Waals surface area contributed by atoms with Crippen molar-refractivity contribution in [3.05, 3.63) is 49.6 Å². The summed E-state index contributed by atoms with van der Waals surface area (Å²) < 4.78 is 0. The molecule has 0 aliphatic heterocycles. The summed E-state index contributed by atoms with van der Waals surface area (Å²) in [5.41, 5.74) is 1.39. The SMILES string of the molecule is CCC(=Cc1cc(-c2cccs2)cs1)[N+](=O)[O-]. The van der Waals surface area contributed by atoms with Crippen LogP contribution < -0.4 is 0 Å². The molecule has 0 radical (unpaired) electrons. The van der Waals surface area contributed by atoms with Crippen molar-refractivity contribution >= 4 is 28.7 Å². The van der Waals surface area contributed by atoms with E-state index in [-0.39, 0.29) is 10.6 Å². The minimum Gasteiger partial charge on any atom is -0.259 e. The number of hydrogen-bond acceptors (Lipinski definition) is 4. The summed E-state index contributed by atoms with van der Waals surface area (Å²) >= 11 is 3.21. The first-order valence-corrected chi connectivity index (χ1v) is 6.94. The van der Waals surface area contributed by atoms with E-state index in [0.717, 1.165) is 10.4 Å². The van der Waals surface area contributed by atoms with Gasteiger partial charge in [-0.1, -0.05) is 13.0 Å². The summed E-state index contributed by atoms with van der Waals surface area (Å²) in [6.45, 7) is 1.79. The maximum Gasteiger partial charge on any atom is 0.247 e. The molecule has 0 fully saturated rings. The van der Waals surface area contributed by atoms with Crippen molar-refractivity contribution in [2.45, 2.75) is 13.3 Å². The molecule has 0 bridgehead atoms. The van der Waals surface area contributed by atoms with Crippen molar-refractivity contribution in [1.82, 2.24) is 0 Å². The van der Waals surface area contributed by atoms with E-state index in [9.17, 15) is 10.1 Å². The molecule has 0 N–H and O–H groups in total. The molecule has 2 heterocycles. The largest absolute Gasteiger partial charge is 0.259 e. The van der Waals surface area contributed by atoms with Gasteiger partial charge in [-0.15, -0.1) is 22.7 Å². The smallest absolute Gasteiger partial charge is 0.247 e. The van der Waals surface area contributed by atoms with E-state index in [4.69, 9.17) is 0 Å². The molecule has 0 atom stereocenters. The Morgan fingerprint density at radius 1 is 1.53 bits per heavy atom. The van der Waals surface area contributed by atoms with E-state index < -0.39 is 0 Å². The molecule has 2 aromatic rings. The van der Waals surface area contributed by atoms with E-state index in [1.54, 1.807) is 24.3 Å². The molecule has 2 aromatic heterocycles. The van der Waals surface area contributed by atoms with Crippen LogP contribution in [0.2, 0.25) is 0 Å². The van der Waals surface area contributed by atoms with Gasteiger partial charge in [-0.2, -0.15) is 0 Å². The molecule has 0 saturated heterocycles. The molecule has 0 aliphatic rings. The molecular formula is C12H11NO2S2. The first kappa shape index (κ1) is 12.0. The average Bonchev–Trinajstić information content (AvgIpc) is 2.95. The molecule has 0 spiro atoms. The van der Waals surface area contributed by atoms with Crippen LogP contribution >= 0.6 is 22.7 Å². The van der Waals surface area contributed by atoms with Crippen LogP contribution in [0.15, 0.2) is 34.7 Å². The second-order valence-corrected chi connectivity index (χ2v) is 5.35. The fourth-order valence-electron chi connectivity index (χ4n) is 1.45. The quantitative estimate of drug-likeness (QED) is 0.603. The maximum absolute atomic E-state index is 10.7. The molecule has 0 amide bonds. The summed E-state index contributed by atoms with van der Waals surface area (Å²) in [6.07, 6.45) is 2.10. The van der Waals surface area contributed by atoms with Crippen LogP contribution in [-0.2, 0) is 0 Å². The summed E-state index contributed by atoms with van der Waals surface area (Å²) in [4.78, 5) is 12.5. The first-order valence-electron chi connectivity index (χ1n) is 5.18. The van der Waals surface area contributed by atoms with Crippen molar-refractivity contribution < 1.29 is 4.92 Å². The summed E-state index contributed by atoms with van der Waals surface area (Å²) in [5.74, 6) is 0. The number of rotatable bonds is 4. The predicted molar refractivity (Wildman–Crippen MR) is 72.9 cm³/mol. The van der Waals surface area contributed by atoms with E-state index in [1.165, 1.54) is 16.2 Å². The van der Waals surface area contributed by atoms with E-state index >= 15 is 0 Å². The van der Waals surface area contributed by atoms with E-state index in [1.807, 2.05) is 22.9 Å². The van der Waals surface area contributed by atoms with Gasteiger partial charge >= 0.3 is 0 Å². The number of hydrogen-bond donors (Lipinski definition) is 0. The van der Waals surface area contributed by atoms with Gasteiger partial charge in [0.05, 0.1) is 4.92 Å². The van der Waals surface area contributed by atoms with E-state index in [2.05, 4.69) is 6.07 Å². The zero-order chi connectivity index (χ0) is 12.3. The zero-order valence-corrected chi connectivity index (χ0v) is 10.9. The Morgan fingerprint density at radius 2 is 2.35 bits per heavy atom. The van der Waals surface area contributed by atoms with Gasteiger partial charge in [0.15, 0.2) is 0 Å². The monoisotopic (exact) mass is 265 g/mol. The Bertz CT molecular complexity index is 541. The van der Waals surface area contributed by atoms with Crippen molar-refractivity contribution in [2.75, 3.05) is 0 Å². The van der Waals surface area contributed by atoms with Crippen LogP contribution in [0.1, 0.15) is 18.2 Å². The third-order valence-electron chi connectivity index (χ3n) is 2.33. The van der Waals surface area contributed by atoms with Crippen LogP contribution in [0.25, 0.3) is 16.5 Å². The Balaban J connectivity index is 2.27. The molecule has 0 unspecified atom stereocenters. The van der Waals surface area contributed by atoms with Gasteiger partial charge in [-0.3, -0.25) is 10.1 Å². The van der Waals surface area contributed by atoms with Crippen LogP contribution in [0.4, 0.5) is 0 Å². The standard InChI is InChI=1S/C12H11NO2S2/c1-2-10(13(14)15)7-11-6-9(8-17-11)12-4-3-5-16-12/h3-8H,2H2,1H3. The summed E-state index contributed by atoms with van der Waals surface area (Å²) in [6, 6.07) is 6.05. The fraction of sp³-hybridized carbons (Fsp3) is 0.167. The van der Waals surface area contributed by atoms with Crippen molar-refractivity contribution in [3.63, 3.8) is 0 Å². The van der Waals surface area contributed by atoms with Gasteiger partial charge in [0.25, 0.3) is 0 Å². The van der Waals surface area contributed by atoms with Crippen LogP contribution in [-0.4, -0.2) is 4.92 Å². The third kappa shape index (κ3) is 2.81. The minimum absolute atomic E-state index is 0.254. The minimum atomic E-state index is -0.315. The van der Waals surface area contributed by atoms with Gasteiger partial charge in [-0.05, 0) is 22.9 Å². The van der Waals surface area contributed by atoms with E-state index in [0.29, 0.717) is 6.42 Å². The highest BCUT2D eigenvalue weighted by Crippen LogP contribution is 2.30. The molecule has 0 saturated carbocycles. The lowest BCUT2D eigenvalue weighted by Crippen LogP contribution is -1.95. The number of nitro groups is 1. The lowest BCUT2D eigenvalue weighted by molar-refractivity contribution is -0.425. The molecule has 2 rings (SSSR count). The highest BCUT2D eigenvalue weighted by atomic mass is 32.1. The number of nitrogens with zero attached hydrogens (tertiary/aromatic N) is 1. The van der Waals surface area contributed by atoms with Crippen LogP contribution in [0, 0.1) is 10.1 Å². The summed E-state index contributed by atoms with van der Waals surface area (Å²) in [5, 5.41) is 14.8. The van der Waals surface area contributed by atoms with Crippen LogP contribution in [0.5, 0.6) is 0 Å². The molecule has 17 heavy (non-hydrogen) atoms. The van der Waals surface area contributed by atoms with Crippen molar-refractivity contribution in [3.8, 4) is 10.4 Å². The molecular weight excluding hydrogens is 254 g/mol. The summed E-state index contributed by atoms with van der Waals surface area (Å²) in [7, 11) is 0. The van der Waals surface area contributed by atoms with Crippen molar-refractivity contribution in [1.29, 1.82) is 0 Å². The normalized spacial score (nSPS) is 11.7. The van der Waals surface area contributed by atoms with Gasteiger partial charge in [0.2, 0.25) is 5.70 Å². The maximum atomic E-state index is 10.7. The molecule has 88 valence electrons.